The van der Waals surface area contributed by atoms with E-state index in [0.29, 0.717) is 0 Å². The highest BCUT2D eigenvalue weighted by Gasteiger charge is 2.46. The minimum Gasteiger partial charge on any atom is -0.503 e. The minimum atomic E-state index is -0.903. The van der Waals surface area contributed by atoms with Crippen molar-refractivity contribution in [2.45, 2.75) is 12.1 Å². The van der Waals surface area contributed by atoms with Crippen LogP contribution < -0.4 is 27.2 Å². The van der Waals surface area contributed by atoms with E-state index in [4.69, 9.17) is 15.7 Å². The number of anilines is 1. The van der Waals surface area contributed by atoms with E-state index in [0.717, 1.165) is 23.6 Å². The van der Waals surface area contributed by atoms with Crippen LogP contribution in [0.5, 0.6) is 5.75 Å². The van der Waals surface area contributed by atoms with Gasteiger partial charge in [-0.3, -0.25) is 19.2 Å². The number of likely N-dealkylation sites (tertiary alicyclic amines) is 1. The van der Waals surface area contributed by atoms with Gasteiger partial charge in [-0.2, -0.15) is 0 Å². The van der Waals surface area contributed by atoms with E-state index in [1.807, 2.05) is 0 Å². The van der Waals surface area contributed by atoms with Gasteiger partial charge in [-0.05, 0) is 0 Å². The van der Waals surface area contributed by atoms with Crippen LogP contribution in [0.15, 0.2) is 33.0 Å². The molecule has 4 rings (SSSR count). The Bertz CT molecular complexity index is 1360. The van der Waals surface area contributed by atoms with Crippen molar-refractivity contribution >= 4 is 39.9 Å². The van der Waals surface area contributed by atoms with E-state index >= 15 is 0 Å². The highest BCUT2D eigenvalue weighted by atomic mass is 32.1. The molecule has 1 aliphatic rings. The number of thiazole rings is 1. The number of hydrogen-bond acceptors (Lipinski definition) is 10. The van der Waals surface area contributed by atoms with Gasteiger partial charge in [-0.25, -0.2) is 10.4 Å². The van der Waals surface area contributed by atoms with Crippen LogP contribution in [0.25, 0.3) is 11.4 Å². The van der Waals surface area contributed by atoms with Crippen molar-refractivity contribution < 1.29 is 29.4 Å². The van der Waals surface area contributed by atoms with Crippen molar-refractivity contribution in [3.05, 3.63) is 45.4 Å². The zero-order valence-corrected chi connectivity index (χ0v) is 18.4. The van der Waals surface area contributed by atoms with Crippen LogP contribution in [0, 0.1) is 0 Å². The van der Waals surface area contributed by atoms with Crippen LogP contribution in [0.1, 0.15) is 16.2 Å². The number of aromatic hydroxyl groups is 1. The molecule has 0 unspecified atom stereocenters. The number of carbonyl (C=O) groups is 3. The maximum absolute atomic E-state index is 12.5. The topological polar surface area (TPSA) is 222 Å². The number of hydrogen-bond donors (Lipinski definition) is 6. The fraction of sp³-hybridized carbons (Fsp3) is 0.211. The lowest BCUT2D eigenvalue weighted by molar-refractivity contribution is -0.151. The number of pyridine rings is 1. The molecule has 0 aromatic carbocycles. The van der Waals surface area contributed by atoms with Crippen LogP contribution in [0.4, 0.5) is 5.13 Å². The maximum atomic E-state index is 12.5. The number of H-pyrrole nitrogens is 1. The molecule has 4 heterocycles. The molecule has 34 heavy (non-hydrogen) atoms. The SMILES string of the molecule is CN1C(=O)[C@@H](NC(=O)C(=[NH2+])c2csc(N)n2)[C@H]1CNC(=O)c1cc(-c2cc(=O)c(O)c[nH]2)no1. The van der Waals surface area contributed by atoms with Crippen molar-refractivity contribution in [2.75, 3.05) is 19.3 Å². The Morgan fingerprint density at radius 1 is 1.38 bits per heavy atom. The normalized spacial score (nSPS) is 17.2. The summed E-state index contributed by atoms with van der Waals surface area (Å²) in [6, 6.07) is 0.978. The Kier molecular flexibility index (Phi) is 5.85. The summed E-state index contributed by atoms with van der Waals surface area (Å²) in [6.45, 7) is 0.00164. The number of nitrogens with zero attached hydrogens (tertiary/aromatic N) is 3. The number of amides is 3. The predicted octanol–water partition coefficient (Wildman–Crippen LogP) is -2.92. The fourth-order valence-corrected chi connectivity index (χ4v) is 3.82. The smallest absolute Gasteiger partial charge is 0.318 e. The molecule has 1 aliphatic heterocycles. The Labute approximate surface area is 194 Å². The molecule has 176 valence electrons. The van der Waals surface area contributed by atoms with Gasteiger partial charge in [0.15, 0.2) is 16.6 Å². The lowest BCUT2D eigenvalue weighted by atomic mass is 9.95. The number of rotatable bonds is 7. The zero-order chi connectivity index (χ0) is 24.6. The van der Waals surface area contributed by atoms with Crippen LogP contribution in [0.2, 0.25) is 0 Å². The molecule has 0 aliphatic carbocycles. The molecule has 3 amide bonds. The molecule has 1 saturated heterocycles. The van der Waals surface area contributed by atoms with E-state index in [-0.39, 0.29) is 46.1 Å². The number of nitrogens with one attached hydrogen (secondary N) is 3. The number of aromatic nitrogens is 3. The first kappa shape index (κ1) is 22.7. The molecular formula is C19H19N8O6S+. The zero-order valence-electron chi connectivity index (χ0n) is 17.6. The molecule has 15 heteroatoms. The van der Waals surface area contributed by atoms with Gasteiger partial charge in [-0.15, -0.1) is 11.3 Å². The summed E-state index contributed by atoms with van der Waals surface area (Å²) in [6.07, 6.45) is 1.09. The first-order valence-electron chi connectivity index (χ1n) is 9.74. The Morgan fingerprint density at radius 2 is 2.15 bits per heavy atom. The van der Waals surface area contributed by atoms with Crippen molar-refractivity contribution in [3.63, 3.8) is 0 Å². The standard InChI is InChI=1S/C19H18N8O6S/c1-27-10(15(18(27)32)25-17(31)14(20)9-6-34-19(21)24-9)4-23-16(30)13-3-8(26-33-13)7-2-11(28)12(29)5-22-7/h2-3,5-6,10,15,20,29H,4H2,1H3,(H2,21,24)(H,22,28)(H,23,30)(H,25,31)/p+1/t10-,15+/m1/s1. The van der Waals surface area contributed by atoms with Crippen LogP contribution in [-0.4, -0.2) is 74.2 Å². The van der Waals surface area contributed by atoms with Crippen molar-refractivity contribution in [2.24, 2.45) is 0 Å². The van der Waals surface area contributed by atoms with Crippen molar-refractivity contribution in [1.82, 2.24) is 30.7 Å². The number of β-lactam (4-membered cyclic amide) rings is 1. The summed E-state index contributed by atoms with van der Waals surface area (Å²) in [5.41, 5.74) is 5.38. The summed E-state index contributed by atoms with van der Waals surface area (Å²) >= 11 is 1.12. The number of aromatic amines is 1. The van der Waals surface area contributed by atoms with E-state index in [2.05, 4.69) is 25.8 Å². The highest BCUT2D eigenvalue weighted by molar-refractivity contribution is 7.13. The Balaban J connectivity index is 1.37. The van der Waals surface area contributed by atoms with E-state index in [1.165, 1.54) is 23.4 Å². The highest BCUT2D eigenvalue weighted by Crippen LogP contribution is 2.19. The molecule has 0 bridgehead atoms. The monoisotopic (exact) mass is 487 g/mol. The van der Waals surface area contributed by atoms with E-state index in [9.17, 15) is 24.3 Å². The summed E-state index contributed by atoms with van der Waals surface area (Å²) in [4.78, 5) is 56.7. The first-order chi connectivity index (χ1) is 16.2. The van der Waals surface area contributed by atoms with Gasteiger partial charge in [0.1, 0.15) is 11.7 Å². The Morgan fingerprint density at radius 3 is 2.82 bits per heavy atom. The van der Waals surface area contributed by atoms with Gasteiger partial charge < -0.3 is 35.9 Å². The second kappa shape index (κ2) is 8.78. The molecule has 0 spiro atoms. The van der Waals surface area contributed by atoms with E-state index < -0.39 is 35.1 Å². The second-order valence-corrected chi connectivity index (χ2v) is 8.22. The maximum Gasteiger partial charge on any atom is 0.318 e. The van der Waals surface area contributed by atoms with Gasteiger partial charge in [0.25, 0.3) is 11.6 Å². The third-order valence-electron chi connectivity index (χ3n) is 5.20. The number of likely N-dealkylation sites (N-methyl/N-ethyl adjacent to an activating group) is 1. The molecule has 0 saturated carbocycles. The van der Waals surface area contributed by atoms with Crippen LogP contribution >= 0.6 is 11.3 Å². The lowest BCUT2D eigenvalue weighted by Crippen LogP contribution is -2.73. The molecular weight excluding hydrogens is 468 g/mol. The molecule has 3 aromatic heterocycles. The van der Waals surface area contributed by atoms with Gasteiger partial charge in [0.2, 0.25) is 17.1 Å². The molecule has 14 nitrogen and oxygen atoms in total. The predicted molar refractivity (Wildman–Crippen MR) is 118 cm³/mol. The third kappa shape index (κ3) is 4.23. The van der Waals surface area contributed by atoms with Crippen LogP contribution in [0.3, 0.4) is 0 Å². The molecule has 3 aromatic rings. The quantitative estimate of drug-likeness (QED) is 0.148. The number of carbonyl (C=O) groups excluding carboxylic acids is 3. The first-order valence-corrected chi connectivity index (χ1v) is 10.6. The fourth-order valence-electron chi connectivity index (χ4n) is 3.25. The van der Waals surface area contributed by atoms with Crippen molar-refractivity contribution in [1.29, 1.82) is 0 Å². The summed E-state index contributed by atoms with van der Waals surface area (Å²) in [5, 5.41) is 25.8. The summed E-state index contributed by atoms with van der Waals surface area (Å²) < 4.78 is 5.02. The van der Waals surface area contributed by atoms with Crippen LogP contribution in [-0.2, 0) is 9.59 Å². The molecule has 1 fully saturated rings. The molecule has 8 N–H and O–H groups in total. The average molecular weight is 487 g/mol. The van der Waals surface area contributed by atoms with Gasteiger partial charge in [-0.1, -0.05) is 5.16 Å². The third-order valence-corrected chi connectivity index (χ3v) is 5.87. The minimum absolute atomic E-state index is 0.00164. The van der Waals surface area contributed by atoms with Gasteiger partial charge in [0, 0.05) is 37.3 Å². The average Bonchev–Trinajstić information content (AvgIpc) is 3.48. The second-order valence-electron chi connectivity index (χ2n) is 7.33. The Hall–Kier alpha value is -4.53. The molecule has 2 atom stereocenters. The van der Waals surface area contributed by atoms with Gasteiger partial charge >= 0.3 is 5.91 Å². The molecule has 0 radical (unpaired) electrons. The largest absolute Gasteiger partial charge is 0.503 e. The van der Waals surface area contributed by atoms with Crippen molar-refractivity contribution in [3.8, 4) is 17.1 Å². The summed E-state index contributed by atoms with van der Waals surface area (Å²) in [7, 11) is 1.53. The summed E-state index contributed by atoms with van der Waals surface area (Å²) in [5.74, 6) is -2.26. The van der Waals surface area contributed by atoms with Gasteiger partial charge in [0.05, 0.1) is 11.7 Å². The lowest BCUT2D eigenvalue weighted by Gasteiger charge is -2.44. The van der Waals surface area contributed by atoms with E-state index in [1.54, 1.807) is 0 Å². The number of nitrogens with two attached hydrogens (primary N) is 2. The number of nitrogen functional groups attached to an aromatic ring is 1.